The van der Waals surface area contributed by atoms with Crippen molar-refractivity contribution in [2.75, 3.05) is 39.4 Å². The molecule has 1 heterocycles. The first-order valence-corrected chi connectivity index (χ1v) is 9.50. The fourth-order valence-electron chi connectivity index (χ4n) is 2.71. The fourth-order valence-corrected chi connectivity index (χ4v) is 2.71. The van der Waals surface area contributed by atoms with Crippen molar-refractivity contribution in [2.24, 2.45) is 10.7 Å². The SMILES string of the molecule is CC(C)(C)OC(=O)c1cccc(CN=C(N)NCCCN2CCOCC2)c1. The summed E-state index contributed by atoms with van der Waals surface area (Å²) in [6, 6.07) is 7.29. The van der Waals surface area contributed by atoms with Crippen molar-refractivity contribution < 1.29 is 14.3 Å². The minimum atomic E-state index is -0.513. The van der Waals surface area contributed by atoms with Gasteiger partial charge in [-0.25, -0.2) is 9.79 Å². The molecule has 3 N–H and O–H groups in total. The van der Waals surface area contributed by atoms with Gasteiger partial charge in [0.05, 0.1) is 25.3 Å². The van der Waals surface area contributed by atoms with E-state index in [9.17, 15) is 4.79 Å². The quantitative estimate of drug-likeness (QED) is 0.326. The largest absolute Gasteiger partial charge is 0.456 e. The molecule has 0 unspecified atom stereocenters. The van der Waals surface area contributed by atoms with E-state index >= 15 is 0 Å². The Balaban J connectivity index is 1.75. The van der Waals surface area contributed by atoms with E-state index < -0.39 is 5.60 Å². The van der Waals surface area contributed by atoms with Crippen LogP contribution in [-0.4, -0.2) is 61.8 Å². The molecule has 0 aromatic heterocycles. The maximum absolute atomic E-state index is 12.1. The molecule has 150 valence electrons. The predicted molar refractivity (Wildman–Crippen MR) is 107 cm³/mol. The number of ether oxygens (including phenoxy) is 2. The van der Waals surface area contributed by atoms with Crippen molar-refractivity contribution in [3.05, 3.63) is 35.4 Å². The van der Waals surface area contributed by atoms with Crippen molar-refractivity contribution in [1.82, 2.24) is 10.2 Å². The molecule has 0 atom stereocenters. The van der Waals surface area contributed by atoms with Gasteiger partial charge in [0, 0.05) is 19.6 Å². The Kier molecular flexibility index (Phi) is 8.06. The monoisotopic (exact) mass is 376 g/mol. The van der Waals surface area contributed by atoms with Gasteiger partial charge < -0.3 is 20.5 Å². The molecule has 0 aliphatic carbocycles. The molecular weight excluding hydrogens is 344 g/mol. The number of aliphatic imine (C=N–C) groups is 1. The highest BCUT2D eigenvalue weighted by atomic mass is 16.6. The number of carbonyl (C=O) groups excluding carboxylic acids is 1. The van der Waals surface area contributed by atoms with E-state index in [-0.39, 0.29) is 5.97 Å². The van der Waals surface area contributed by atoms with Gasteiger partial charge in [-0.15, -0.1) is 0 Å². The Morgan fingerprint density at radius 3 is 2.78 bits per heavy atom. The van der Waals surface area contributed by atoms with Gasteiger partial charge in [-0.1, -0.05) is 12.1 Å². The van der Waals surface area contributed by atoms with Crippen molar-refractivity contribution in [1.29, 1.82) is 0 Å². The minimum absolute atomic E-state index is 0.331. The smallest absolute Gasteiger partial charge is 0.338 e. The van der Waals surface area contributed by atoms with Crippen molar-refractivity contribution >= 4 is 11.9 Å². The second kappa shape index (κ2) is 10.3. The van der Waals surface area contributed by atoms with Crippen LogP contribution < -0.4 is 11.1 Å². The predicted octanol–water partition coefficient (Wildman–Crippen LogP) is 1.77. The summed E-state index contributed by atoms with van der Waals surface area (Å²) in [5.74, 6) is 0.0854. The van der Waals surface area contributed by atoms with Gasteiger partial charge in [0.25, 0.3) is 0 Å². The summed E-state index contributed by atoms with van der Waals surface area (Å²) < 4.78 is 10.7. The Bertz CT molecular complexity index is 634. The van der Waals surface area contributed by atoms with Crippen LogP contribution in [0.25, 0.3) is 0 Å². The molecule has 1 aromatic carbocycles. The lowest BCUT2D eigenvalue weighted by atomic mass is 10.1. The number of hydrogen-bond donors (Lipinski definition) is 2. The molecule has 2 rings (SSSR count). The number of benzene rings is 1. The number of guanidine groups is 1. The van der Waals surface area contributed by atoms with Crippen LogP contribution in [0, 0.1) is 0 Å². The van der Waals surface area contributed by atoms with Gasteiger partial charge in [-0.2, -0.15) is 0 Å². The standard InChI is InChI=1S/C20H32N4O3/c1-20(2,3)27-18(25)17-7-4-6-16(14-17)15-23-19(21)22-8-5-9-24-10-12-26-13-11-24/h4,6-7,14H,5,8-13,15H2,1-3H3,(H3,21,22,23). The summed E-state index contributed by atoms with van der Waals surface area (Å²) in [7, 11) is 0. The number of nitrogens with zero attached hydrogens (tertiary/aromatic N) is 2. The molecule has 0 amide bonds. The summed E-state index contributed by atoms with van der Waals surface area (Å²) in [4.78, 5) is 18.9. The zero-order valence-electron chi connectivity index (χ0n) is 16.7. The van der Waals surface area contributed by atoms with E-state index in [2.05, 4.69) is 15.2 Å². The molecule has 7 heteroatoms. The van der Waals surface area contributed by atoms with E-state index in [1.54, 1.807) is 12.1 Å². The van der Waals surface area contributed by atoms with Crippen LogP contribution in [0.5, 0.6) is 0 Å². The molecular formula is C20H32N4O3. The lowest BCUT2D eigenvalue weighted by Gasteiger charge is -2.26. The number of carbonyl (C=O) groups is 1. The Morgan fingerprint density at radius 2 is 2.07 bits per heavy atom. The first-order valence-electron chi connectivity index (χ1n) is 9.50. The van der Waals surface area contributed by atoms with Crippen LogP contribution in [0.2, 0.25) is 0 Å². The van der Waals surface area contributed by atoms with Gasteiger partial charge in [0.2, 0.25) is 0 Å². The second-order valence-corrected chi connectivity index (χ2v) is 7.64. The first-order chi connectivity index (χ1) is 12.8. The van der Waals surface area contributed by atoms with Gasteiger partial charge in [0.15, 0.2) is 5.96 Å². The molecule has 1 saturated heterocycles. The lowest BCUT2D eigenvalue weighted by molar-refractivity contribution is 0.00694. The average molecular weight is 377 g/mol. The topological polar surface area (TPSA) is 89.2 Å². The molecule has 27 heavy (non-hydrogen) atoms. The van der Waals surface area contributed by atoms with Gasteiger partial charge in [-0.05, 0) is 51.4 Å². The molecule has 0 saturated carbocycles. The summed E-state index contributed by atoms with van der Waals surface area (Å²) in [5.41, 5.74) is 6.86. The molecule has 0 bridgehead atoms. The summed E-state index contributed by atoms with van der Waals surface area (Å²) in [5, 5.41) is 3.14. The van der Waals surface area contributed by atoms with Crippen molar-refractivity contribution in [2.45, 2.75) is 39.3 Å². The zero-order chi connectivity index (χ0) is 19.7. The molecule has 7 nitrogen and oxygen atoms in total. The van der Waals surface area contributed by atoms with Crippen LogP contribution in [-0.2, 0) is 16.0 Å². The lowest BCUT2D eigenvalue weighted by Crippen LogP contribution is -2.39. The highest BCUT2D eigenvalue weighted by Crippen LogP contribution is 2.13. The zero-order valence-corrected chi connectivity index (χ0v) is 16.7. The number of rotatable bonds is 7. The maximum atomic E-state index is 12.1. The van der Waals surface area contributed by atoms with Gasteiger partial charge >= 0.3 is 5.97 Å². The summed E-state index contributed by atoms with van der Waals surface area (Å²) in [6.07, 6.45) is 1.00. The number of esters is 1. The Hall–Kier alpha value is -2.12. The molecule has 0 spiro atoms. The van der Waals surface area contributed by atoms with Crippen LogP contribution in [0.15, 0.2) is 29.3 Å². The molecule has 1 aromatic rings. The maximum Gasteiger partial charge on any atom is 0.338 e. The second-order valence-electron chi connectivity index (χ2n) is 7.64. The number of morpholine rings is 1. The summed E-state index contributed by atoms with van der Waals surface area (Å²) in [6.45, 7) is 11.4. The Morgan fingerprint density at radius 1 is 1.33 bits per heavy atom. The average Bonchev–Trinajstić information content (AvgIpc) is 2.63. The molecule has 1 fully saturated rings. The van der Waals surface area contributed by atoms with Crippen LogP contribution in [0.4, 0.5) is 0 Å². The van der Waals surface area contributed by atoms with Crippen molar-refractivity contribution in [3.63, 3.8) is 0 Å². The number of nitrogens with two attached hydrogens (primary N) is 1. The third kappa shape index (κ3) is 8.41. The molecule has 1 aliphatic rings. The minimum Gasteiger partial charge on any atom is -0.456 e. The highest BCUT2D eigenvalue weighted by Gasteiger charge is 2.17. The number of hydrogen-bond acceptors (Lipinski definition) is 5. The first kappa shape index (κ1) is 21.2. The normalized spacial score (nSPS) is 16.2. The van der Waals surface area contributed by atoms with Gasteiger partial charge in [-0.3, -0.25) is 4.90 Å². The van der Waals surface area contributed by atoms with Gasteiger partial charge in [0.1, 0.15) is 5.60 Å². The van der Waals surface area contributed by atoms with E-state index in [1.807, 2.05) is 32.9 Å². The fraction of sp³-hybridized carbons (Fsp3) is 0.600. The van der Waals surface area contributed by atoms with E-state index in [0.717, 1.165) is 51.4 Å². The van der Waals surface area contributed by atoms with E-state index in [4.69, 9.17) is 15.2 Å². The van der Waals surface area contributed by atoms with Crippen LogP contribution >= 0.6 is 0 Å². The third-order valence-corrected chi connectivity index (χ3v) is 4.05. The van der Waals surface area contributed by atoms with Crippen molar-refractivity contribution in [3.8, 4) is 0 Å². The molecule has 1 aliphatic heterocycles. The van der Waals surface area contributed by atoms with Crippen LogP contribution in [0.1, 0.15) is 43.1 Å². The van der Waals surface area contributed by atoms with E-state index in [1.165, 1.54) is 0 Å². The summed E-state index contributed by atoms with van der Waals surface area (Å²) >= 11 is 0. The highest BCUT2D eigenvalue weighted by molar-refractivity contribution is 5.89. The van der Waals surface area contributed by atoms with E-state index in [0.29, 0.717) is 18.1 Å². The third-order valence-electron chi connectivity index (χ3n) is 4.05. The Labute approximate surface area is 161 Å². The number of nitrogens with one attached hydrogen (secondary N) is 1. The molecule has 0 radical (unpaired) electrons. The van der Waals surface area contributed by atoms with Crippen LogP contribution in [0.3, 0.4) is 0 Å².